The first-order valence-electron chi connectivity index (χ1n) is 9.97. The first-order chi connectivity index (χ1) is 13.1. The summed E-state index contributed by atoms with van der Waals surface area (Å²) in [6.45, 7) is 8.22. The molecule has 1 aliphatic heterocycles. The second kappa shape index (κ2) is 11.0. The Labute approximate surface area is 184 Å². The van der Waals surface area contributed by atoms with Gasteiger partial charge in [-0.15, -0.1) is 24.0 Å². The predicted molar refractivity (Wildman–Crippen MR) is 124 cm³/mol. The first kappa shape index (κ1) is 22.9. The normalized spacial score (nSPS) is 16.2. The van der Waals surface area contributed by atoms with Gasteiger partial charge in [-0.25, -0.2) is 4.39 Å². The van der Waals surface area contributed by atoms with E-state index in [1.54, 1.807) is 13.1 Å². The second-order valence-electron chi connectivity index (χ2n) is 7.33. The van der Waals surface area contributed by atoms with Gasteiger partial charge in [-0.1, -0.05) is 13.3 Å². The third-order valence-electron chi connectivity index (χ3n) is 5.39. The van der Waals surface area contributed by atoms with Crippen LogP contribution in [0.1, 0.15) is 43.9 Å². The lowest BCUT2D eigenvalue weighted by Crippen LogP contribution is -2.48. The van der Waals surface area contributed by atoms with E-state index < -0.39 is 0 Å². The minimum atomic E-state index is -0.242. The standard InChI is InChI=1S/C21H31FN4O.HI/c1-4-5-10-26-11-8-17(9-12-26)25-21(23-3)24-14-20-15(2)18-13-16(22)6-7-19(18)27-20;/h6-7,13,17H,4-5,8-12,14H2,1-3H3,(H2,23,24,25);1H. The molecule has 0 atom stereocenters. The lowest BCUT2D eigenvalue weighted by molar-refractivity contribution is 0.203. The van der Waals surface area contributed by atoms with Crippen LogP contribution in [0.15, 0.2) is 27.6 Å². The van der Waals surface area contributed by atoms with Crippen molar-refractivity contribution in [3.8, 4) is 0 Å². The number of fused-ring (bicyclic) bond motifs is 1. The Morgan fingerprint density at radius 2 is 2.07 bits per heavy atom. The van der Waals surface area contributed by atoms with E-state index in [4.69, 9.17) is 4.42 Å². The van der Waals surface area contributed by atoms with Gasteiger partial charge in [0.1, 0.15) is 17.2 Å². The molecule has 2 N–H and O–H groups in total. The van der Waals surface area contributed by atoms with Gasteiger partial charge >= 0.3 is 0 Å². The number of aliphatic imine (C=N–C) groups is 1. The second-order valence-corrected chi connectivity index (χ2v) is 7.33. The lowest BCUT2D eigenvalue weighted by Gasteiger charge is -2.33. The van der Waals surface area contributed by atoms with Gasteiger partial charge in [-0.3, -0.25) is 4.99 Å². The number of rotatable bonds is 6. The molecule has 0 amide bonds. The predicted octanol–water partition coefficient (Wildman–Crippen LogP) is 4.43. The van der Waals surface area contributed by atoms with Crippen LogP contribution in [0, 0.1) is 12.7 Å². The molecule has 0 aliphatic carbocycles. The molecule has 0 saturated carbocycles. The van der Waals surface area contributed by atoms with Gasteiger partial charge in [0.05, 0.1) is 6.54 Å². The SMILES string of the molecule is CCCCN1CCC(NC(=NC)NCc2oc3ccc(F)cc3c2C)CC1.I. The summed E-state index contributed by atoms with van der Waals surface area (Å²) in [5.74, 6) is 1.36. The van der Waals surface area contributed by atoms with E-state index in [1.807, 2.05) is 6.92 Å². The van der Waals surface area contributed by atoms with Crippen LogP contribution < -0.4 is 10.6 Å². The van der Waals surface area contributed by atoms with Crippen molar-refractivity contribution in [3.63, 3.8) is 0 Å². The molecule has 28 heavy (non-hydrogen) atoms. The molecule has 3 rings (SSSR count). The molecule has 0 bridgehead atoms. The maximum absolute atomic E-state index is 13.5. The highest BCUT2D eigenvalue weighted by molar-refractivity contribution is 14.0. The zero-order valence-corrected chi connectivity index (χ0v) is 19.4. The summed E-state index contributed by atoms with van der Waals surface area (Å²) < 4.78 is 19.3. The van der Waals surface area contributed by atoms with E-state index in [-0.39, 0.29) is 29.8 Å². The Morgan fingerprint density at radius 3 is 2.75 bits per heavy atom. The van der Waals surface area contributed by atoms with Crippen LogP contribution in [0.5, 0.6) is 0 Å². The summed E-state index contributed by atoms with van der Waals surface area (Å²) in [5, 5.41) is 7.69. The minimum Gasteiger partial charge on any atom is -0.459 e. The van der Waals surface area contributed by atoms with Crippen LogP contribution in [0.25, 0.3) is 11.0 Å². The van der Waals surface area contributed by atoms with Crippen LogP contribution >= 0.6 is 24.0 Å². The fourth-order valence-corrected chi connectivity index (χ4v) is 3.65. The van der Waals surface area contributed by atoms with Crippen LogP contribution in [0.3, 0.4) is 0 Å². The van der Waals surface area contributed by atoms with Crippen molar-refractivity contribution in [2.75, 3.05) is 26.7 Å². The number of likely N-dealkylation sites (tertiary alicyclic amines) is 1. The third kappa shape index (κ3) is 5.83. The minimum absolute atomic E-state index is 0. The summed E-state index contributed by atoms with van der Waals surface area (Å²) in [7, 11) is 1.78. The Bertz CT molecular complexity index is 784. The van der Waals surface area contributed by atoms with Gasteiger partial charge in [0.15, 0.2) is 5.96 Å². The van der Waals surface area contributed by atoms with Crippen molar-refractivity contribution < 1.29 is 8.81 Å². The molecule has 0 radical (unpaired) electrons. The van der Waals surface area contributed by atoms with Gasteiger partial charge in [0.25, 0.3) is 0 Å². The number of furan rings is 1. The number of guanidine groups is 1. The van der Waals surface area contributed by atoms with E-state index >= 15 is 0 Å². The Hall–Kier alpha value is -1.35. The molecule has 156 valence electrons. The van der Waals surface area contributed by atoms with Crippen LogP contribution in [-0.4, -0.2) is 43.6 Å². The molecule has 1 aliphatic rings. The van der Waals surface area contributed by atoms with Gasteiger partial charge in [0.2, 0.25) is 0 Å². The van der Waals surface area contributed by atoms with Gasteiger partial charge in [-0.2, -0.15) is 0 Å². The van der Waals surface area contributed by atoms with E-state index in [2.05, 4.69) is 27.4 Å². The highest BCUT2D eigenvalue weighted by Gasteiger charge is 2.20. The van der Waals surface area contributed by atoms with E-state index in [0.29, 0.717) is 18.2 Å². The molecule has 1 aromatic heterocycles. The lowest BCUT2D eigenvalue weighted by atomic mass is 10.0. The summed E-state index contributed by atoms with van der Waals surface area (Å²) in [4.78, 5) is 6.89. The van der Waals surface area contributed by atoms with Gasteiger partial charge in [-0.05, 0) is 50.9 Å². The molecule has 0 spiro atoms. The zero-order chi connectivity index (χ0) is 19.2. The summed E-state index contributed by atoms with van der Waals surface area (Å²) >= 11 is 0. The van der Waals surface area contributed by atoms with Crippen molar-refractivity contribution in [1.82, 2.24) is 15.5 Å². The number of piperidine rings is 1. The summed E-state index contributed by atoms with van der Waals surface area (Å²) in [5.41, 5.74) is 1.68. The number of benzene rings is 1. The Kier molecular flexibility index (Phi) is 9.01. The largest absolute Gasteiger partial charge is 0.459 e. The number of nitrogens with one attached hydrogen (secondary N) is 2. The number of aryl methyl sites for hydroxylation is 1. The van der Waals surface area contributed by atoms with Gasteiger partial charge in [0, 0.05) is 37.1 Å². The average molecular weight is 502 g/mol. The quantitative estimate of drug-likeness (QED) is 0.349. The molecule has 0 unspecified atom stereocenters. The fourth-order valence-electron chi connectivity index (χ4n) is 3.65. The van der Waals surface area contributed by atoms with Crippen molar-refractivity contribution >= 4 is 40.9 Å². The summed E-state index contributed by atoms with van der Waals surface area (Å²) in [6.07, 6.45) is 4.80. The zero-order valence-electron chi connectivity index (χ0n) is 17.1. The van der Waals surface area contributed by atoms with Crippen LogP contribution in [-0.2, 0) is 6.54 Å². The molecule has 5 nitrogen and oxygen atoms in total. The first-order valence-corrected chi connectivity index (χ1v) is 9.97. The van der Waals surface area contributed by atoms with E-state index in [1.165, 1.54) is 31.5 Å². The van der Waals surface area contributed by atoms with Crippen molar-refractivity contribution in [2.24, 2.45) is 4.99 Å². The third-order valence-corrected chi connectivity index (χ3v) is 5.39. The van der Waals surface area contributed by atoms with E-state index in [0.717, 1.165) is 48.6 Å². The molecular weight excluding hydrogens is 470 g/mol. The van der Waals surface area contributed by atoms with Crippen LogP contribution in [0.2, 0.25) is 0 Å². The van der Waals surface area contributed by atoms with Crippen molar-refractivity contribution in [1.29, 1.82) is 0 Å². The maximum Gasteiger partial charge on any atom is 0.191 e. The topological polar surface area (TPSA) is 52.8 Å². The van der Waals surface area contributed by atoms with Crippen molar-refractivity contribution in [2.45, 2.75) is 52.1 Å². The molecule has 1 fully saturated rings. The van der Waals surface area contributed by atoms with Crippen LogP contribution in [0.4, 0.5) is 4.39 Å². The number of halogens is 2. The Balaban J connectivity index is 0.00000280. The van der Waals surface area contributed by atoms with Gasteiger partial charge < -0.3 is 20.0 Å². The smallest absolute Gasteiger partial charge is 0.191 e. The Morgan fingerprint density at radius 1 is 1.32 bits per heavy atom. The molecule has 7 heteroatoms. The average Bonchev–Trinajstić information content (AvgIpc) is 2.99. The number of unbranched alkanes of at least 4 members (excludes halogenated alkanes) is 1. The molecule has 2 heterocycles. The maximum atomic E-state index is 13.5. The fraction of sp³-hybridized carbons (Fsp3) is 0.571. The highest BCUT2D eigenvalue weighted by Crippen LogP contribution is 2.25. The molecule has 2 aromatic rings. The monoisotopic (exact) mass is 502 g/mol. The molecular formula is C21H32FIN4O. The van der Waals surface area contributed by atoms with E-state index in [9.17, 15) is 4.39 Å². The highest BCUT2D eigenvalue weighted by atomic mass is 127. The number of hydrogen-bond acceptors (Lipinski definition) is 3. The number of nitrogens with zero attached hydrogens (tertiary/aromatic N) is 2. The molecule has 1 saturated heterocycles. The summed E-state index contributed by atoms with van der Waals surface area (Å²) in [6, 6.07) is 5.08. The molecule has 1 aromatic carbocycles. The number of hydrogen-bond donors (Lipinski definition) is 2. The van der Waals surface area contributed by atoms with Crippen molar-refractivity contribution in [3.05, 3.63) is 35.3 Å².